The molecule has 0 atom stereocenters. The number of hydrogen-bond donors (Lipinski definition) is 0. The van der Waals surface area contributed by atoms with E-state index < -0.39 is 0 Å². The van der Waals surface area contributed by atoms with Gasteiger partial charge in [-0.3, -0.25) is 4.79 Å². The number of nitrogens with zero attached hydrogens (tertiary/aromatic N) is 6. The van der Waals surface area contributed by atoms with Crippen LogP contribution < -0.4 is 4.90 Å². The zero-order chi connectivity index (χ0) is 22.8. The van der Waals surface area contributed by atoms with Gasteiger partial charge in [-0.1, -0.05) is 29.4 Å². The smallest absolute Gasteiger partial charge is 0.253 e. The lowest BCUT2D eigenvalue weighted by Gasteiger charge is -2.34. The summed E-state index contributed by atoms with van der Waals surface area (Å²) in [4.78, 5) is 25.8. The number of hydrogen-bond acceptors (Lipinski definition) is 8. The molecule has 4 aromatic rings. The molecule has 0 aliphatic carbocycles. The van der Waals surface area contributed by atoms with E-state index in [1.54, 1.807) is 31.2 Å². The Morgan fingerprint density at radius 1 is 1.03 bits per heavy atom. The van der Waals surface area contributed by atoms with E-state index in [9.17, 15) is 9.18 Å². The summed E-state index contributed by atoms with van der Waals surface area (Å²) in [5.41, 5.74) is 2.41. The monoisotopic (exact) mass is 464 g/mol. The highest BCUT2D eigenvalue weighted by Crippen LogP contribution is 2.22. The third-order valence-electron chi connectivity index (χ3n) is 5.49. The van der Waals surface area contributed by atoms with Gasteiger partial charge in [0.1, 0.15) is 11.6 Å². The lowest BCUT2D eigenvalue weighted by Crippen LogP contribution is -2.48. The Morgan fingerprint density at radius 3 is 2.42 bits per heavy atom. The minimum Gasteiger partial charge on any atom is -0.343 e. The highest BCUT2D eigenvalue weighted by atomic mass is 32.1. The fourth-order valence-corrected chi connectivity index (χ4v) is 4.43. The Labute approximate surface area is 193 Å². The summed E-state index contributed by atoms with van der Waals surface area (Å²) >= 11 is 1.35. The SMILES string of the molecule is Cc1nc(-c2ccc(C(=O)N3CCN(c4nc(Cc5ccc(F)cc5)ns4)CC3)cc2)no1. The number of carbonyl (C=O) groups excluding carboxylic acids is 1. The molecular formula is C23H21FN6O2S. The van der Waals surface area contributed by atoms with Gasteiger partial charge in [-0.15, -0.1) is 0 Å². The maximum atomic E-state index is 13.1. The van der Waals surface area contributed by atoms with Crippen molar-refractivity contribution in [3.63, 3.8) is 0 Å². The molecule has 1 aliphatic rings. The Bertz CT molecular complexity index is 1250. The molecule has 5 rings (SSSR count). The molecule has 0 spiro atoms. The number of rotatable bonds is 5. The van der Waals surface area contributed by atoms with Crippen molar-refractivity contribution in [2.75, 3.05) is 31.1 Å². The van der Waals surface area contributed by atoms with Gasteiger partial charge < -0.3 is 14.3 Å². The van der Waals surface area contributed by atoms with E-state index in [2.05, 4.69) is 24.4 Å². The summed E-state index contributed by atoms with van der Waals surface area (Å²) in [6.07, 6.45) is 0.564. The predicted octanol–water partition coefficient (Wildman–Crippen LogP) is 3.59. The minimum atomic E-state index is -0.254. The highest BCUT2D eigenvalue weighted by Gasteiger charge is 2.24. The average Bonchev–Trinajstić information content (AvgIpc) is 3.49. The minimum absolute atomic E-state index is 0.000227. The maximum Gasteiger partial charge on any atom is 0.253 e. The second-order valence-corrected chi connectivity index (χ2v) is 8.52. The number of piperazine rings is 1. The first-order valence-electron chi connectivity index (χ1n) is 10.6. The fraction of sp³-hybridized carbons (Fsp3) is 0.261. The molecular weight excluding hydrogens is 443 g/mol. The first-order valence-corrected chi connectivity index (χ1v) is 11.3. The Hall–Kier alpha value is -3.66. The number of halogens is 1. The zero-order valence-corrected chi connectivity index (χ0v) is 18.8. The second-order valence-electron chi connectivity index (χ2n) is 7.79. The summed E-state index contributed by atoms with van der Waals surface area (Å²) in [6, 6.07) is 13.6. The number of benzene rings is 2. The van der Waals surface area contributed by atoms with Gasteiger partial charge in [-0.25, -0.2) is 9.37 Å². The van der Waals surface area contributed by atoms with E-state index in [1.807, 2.05) is 17.0 Å². The topological polar surface area (TPSA) is 88.3 Å². The number of anilines is 1. The van der Waals surface area contributed by atoms with Gasteiger partial charge in [0.2, 0.25) is 16.8 Å². The molecule has 2 aromatic carbocycles. The average molecular weight is 465 g/mol. The molecule has 2 aromatic heterocycles. The van der Waals surface area contributed by atoms with Crippen LogP contribution in [-0.2, 0) is 6.42 Å². The van der Waals surface area contributed by atoms with Gasteiger partial charge in [-0.2, -0.15) is 9.36 Å². The van der Waals surface area contributed by atoms with Gasteiger partial charge in [-0.05, 0) is 29.8 Å². The van der Waals surface area contributed by atoms with Crippen molar-refractivity contribution in [1.82, 2.24) is 24.4 Å². The van der Waals surface area contributed by atoms with Gasteiger partial charge >= 0.3 is 0 Å². The normalized spacial score (nSPS) is 14.0. The molecule has 8 nitrogen and oxygen atoms in total. The summed E-state index contributed by atoms with van der Waals surface area (Å²) in [5.74, 6) is 1.48. The Balaban J connectivity index is 1.17. The van der Waals surface area contributed by atoms with Crippen LogP contribution in [0.5, 0.6) is 0 Å². The summed E-state index contributed by atoms with van der Waals surface area (Å²) in [7, 11) is 0. The van der Waals surface area contributed by atoms with Crippen molar-refractivity contribution in [3.05, 3.63) is 77.2 Å². The summed E-state index contributed by atoms with van der Waals surface area (Å²) in [6.45, 7) is 4.34. The molecule has 0 radical (unpaired) electrons. The lowest BCUT2D eigenvalue weighted by molar-refractivity contribution is 0.0747. The van der Waals surface area contributed by atoms with E-state index in [-0.39, 0.29) is 11.7 Å². The van der Waals surface area contributed by atoms with Crippen LogP contribution in [-0.4, -0.2) is 56.5 Å². The molecule has 0 N–H and O–H groups in total. The third kappa shape index (κ3) is 4.75. The van der Waals surface area contributed by atoms with E-state index in [0.717, 1.165) is 22.1 Å². The highest BCUT2D eigenvalue weighted by molar-refractivity contribution is 7.09. The van der Waals surface area contributed by atoms with Crippen molar-refractivity contribution in [2.45, 2.75) is 13.3 Å². The molecule has 168 valence electrons. The van der Waals surface area contributed by atoms with E-state index >= 15 is 0 Å². The van der Waals surface area contributed by atoms with Crippen LogP contribution >= 0.6 is 11.5 Å². The molecule has 33 heavy (non-hydrogen) atoms. The first kappa shape index (κ1) is 21.2. The van der Waals surface area contributed by atoms with Crippen LogP contribution in [0.25, 0.3) is 11.4 Å². The molecule has 1 saturated heterocycles. The maximum absolute atomic E-state index is 13.1. The van der Waals surface area contributed by atoms with Crippen molar-refractivity contribution in [1.29, 1.82) is 0 Å². The van der Waals surface area contributed by atoms with Gasteiger partial charge in [0, 0.05) is 62.2 Å². The van der Waals surface area contributed by atoms with Gasteiger partial charge in [0.15, 0.2) is 0 Å². The zero-order valence-electron chi connectivity index (χ0n) is 17.9. The Morgan fingerprint density at radius 2 is 1.76 bits per heavy atom. The van der Waals surface area contributed by atoms with Crippen LogP contribution in [0.15, 0.2) is 53.1 Å². The molecule has 1 amide bonds. The van der Waals surface area contributed by atoms with Crippen molar-refractivity contribution in [3.8, 4) is 11.4 Å². The predicted molar refractivity (Wildman–Crippen MR) is 122 cm³/mol. The molecule has 3 heterocycles. The van der Waals surface area contributed by atoms with Crippen LogP contribution in [0.3, 0.4) is 0 Å². The number of carbonyl (C=O) groups is 1. The number of aromatic nitrogens is 4. The van der Waals surface area contributed by atoms with E-state index in [0.29, 0.717) is 49.9 Å². The van der Waals surface area contributed by atoms with Crippen LogP contribution in [0, 0.1) is 12.7 Å². The summed E-state index contributed by atoms with van der Waals surface area (Å²) in [5, 5.41) is 4.75. The largest absolute Gasteiger partial charge is 0.343 e. The van der Waals surface area contributed by atoms with E-state index in [4.69, 9.17) is 4.52 Å². The Kier molecular flexibility index (Phi) is 5.82. The third-order valence-corrected chi connectivity index (χ3v) is 6.30. The molecule has 0 bridgehead atoms. The lowest BCUT2D eigenvalue weighted by atomic mass is 10.1. The molecule has 1 fully saturated rings. The van der Waals surface area contributed by atoms with Crippen LogP contribution in [0.4, 0.5) is 9.52 Å². The molecule has 1 aliphatic heterocycles. The molecule has 0 saturated carbocycles. The number of amides is 1. The molecule has 10 heteroatoms. The van der Waals surface area contributed by atoms with Crippen molar-refractivity contribution < 1.29 is 13.7 Å². The van der Waals surface area contributed by atoms with E-state index in [1.165, 1.54) is 23.7 Å². The molecule has 0 unspecified atom stereocenters. The first-order chi connectivity index (χ1) is 16.0. The standard InChI is InChI=1S/C23H21FN6O2S/c1-15-25-21(27-32-15)17-4-6-18(7-5-17)22(31)29-10-12-30(13-11-29)23-26-20(28-33-23)14-16-2-8-19(24)9-3-16/h2-9H,10-14H2,1H3. The van der Waals surface area contributed by atoms with Crippen LogP contribution in [0.2, 0.25) is 0 Å². The van der Waals surface area contributed by atoms with Crippen molar-refractivity contribution in [2.24, 2.45) is 0 Å². The van der Waals surface area contributed by atoms with Gasteiger partial charge in [0.05, 0.1) is 0 Å². The quantitative estimate of drug-likeness (QED) is 0.446. The second kappa shape index (κ2) is 9.07. The number of aryl methyl sites for hydroxylation is 1. The van der Waals surface area contributed by atoms with Crippen molar-refractivity contribution >= 4 is 22.6 Å². The van der Waals surface area contributed by atoms with Crippen LogP contribution in [0.1, 0.15) is 27.6 Å². The fourth-order valence-electron chi connectivity index (χ4n) is 3.69. The summed E-state index contributed by atoms with van der Waals surface area (Å²) < 4.78 is 22.5. The van der Waals surface area contributed by atoms with Gasteiger partial charge in [0.25, 0.3) is 5.91 Å².